The summed E-state index contributed by atoms with van der Waals surface area (Å²) in [6.45, 7) is 7.50. The van der Waals surface area contributed by atoms with E-state index in [1.165, 1.54) is 11.8 Å². The Labute approximate surface area is 199 Å². The first-order valence-electron chi connectivity index (χ1n) is 10.2. The smallest absolute Gasteiger partial charge is 0.343 e. The predicted molar refractivity (Wildman–Crippen MR) is 130 cm³/mol. The molecule has 0 spiro atoms. The van der Waals surface area contributed by atoms with E-state index in [0.717, 1.165) is 10.0 Å². The van der Waals surface area contributed by atoms with Crippen molar-refractivity contribution in [1.82, 2.24) is 9.66 Å². The van der Waals surface area contributed by atoms with E-state index in [9.17, 15) is 9.59 Å². The molecule has 0 radical (unpaired) electrons. The van der Waals surface area contributed by atoms with Gasteiger partial charge in [-0.3, -0.25) is 4.79 Å². The molecule has 2 aromatic carbocycles. The van der Waals surface area contributed by atoms with Crippen molar-refractivity contribution in [2.24, 2.45) is 5.10 Å². The van der Waals surface area contributed by atoms with Crippen LogP contribution < -0.4 is 15.0 Å². The van der Waals surface area contributed by atoms with Crippen molar-refractivity contribution >= 4 is 39.0 Å². The van der Waals surface area contributed by atoms with Crippen molar-refractivity contribution in [3.63, 3.8) is 0 Å². The lowest BCUT2D eigenvalue weighted by molar-refractivity contribution is -0.142. The average Bonchev–Trinajstić information content (AvgIpc) is 2.79. The molecular weight excluding hydrogens is 490 g/mol. The third-order valence-corrected chi connectivity index (χ3v) is 5.17. The number of carbonyl (C=O) groups is 1. The molecule has 0 saturated carbocycles. The number of allylic oxidation sites excluding steroid dienone is 1. The van der Waals surface area contributed by atoms with E-state index in [-0.39, 0.29) is 12.2 Å². The molecule has 1 heterocycles. The number of rotatable bonds is 9. The molecule has 0 aliphatic rings. The molecule has 9 heteroatoms. The second-order valence-corrected chi connectivity index (χ2v) is 7.90. The number of fused-ring (bicyclic) bond motifs is 1. The summed E-state index contributed by atoms with van der Waals surface area (Å²) in [6, 6.07) is 8.91. The number of esters is 1. The van der Waals surface area contributed by atoms with Gasteiger partial charge >= 0.3 is 5.97 Å². The Kier molecular flexibility index (Phi) is 8.00. The van der Waals surface area contributed by atoms with Crippen molar-refractivity contribution in [2.75, 3.05) is 20.3 Å². The summed E-state index contributed by atoms with van der Waals surface area (Å²) >= 11 is 3.39. The molecule has 0 atom stereocenters. The van der Waals surface area contributed by atoms with Gasteiger partial charge in [0.15, 0.2) is 18.1 Å². The molecule has 0 aliphatic carbocycles. The molecule has 0 N–H and O–H groups in total. The molecule has 33 heavy (non-hydrogen) atoms. The van der Waals surface area contributed by atoms with Crippen LogP contribution in [0.1, 0.15) is 23.9 Å². The van der Waals surface area contributed by atoms with Crippen molar-refractivity contribution in [1.29, 1.82) is 0 Å². The molecule has 8 nitrogen and oxygen atoms in total. The Bertz CT molecular complexity index is 1280. The van der Waals surface area contributed by atoms with E-state index in [0.29, 0.717) is 46.8 Å². The standard InChI is InChI=1S/C24H24BrN3O5/c1-5-7-17-10-16(11-21(32-6-2)23(17)33-14-22(29)31-4)13-26-28-15(3)27-20-9-8-18(25)12-19(20)24(28)30/h5,8-13H,1,6-7,14H2,2-4H3. The number of ether oxygens (including phenoxy) is 3. The maximum atomic E-state index is 13.0. The second-order valence-electron chi connectivity index (χ2n) is 6.98. The van der Waals surface area contributed by atoms with E-state index in [1.54, 1.807) is 37.4 Å². The lowest BCUT2D eigenvalue weighted by Crippen LogP contribution is -2.20. The Morgan fingerprint density at radius 1 is 1.27 bits per heavy atom. The third-order valence-electron chi connectivity index (χ3n) is 4.67. The fraction of sp³-hybridized carbons (Fsp3) is 0.250. The van der Waals surface area contributed by atoms with E-state index < -0.39 is 5.97 Å². The van der Waals surface area contributed by atoms with Crippen molar-refractivity contribution in [3.8, 4) is 11.5 Å². The lowest BCUT2D eigenvalue weighted by Gasteiger charge is -2.16. The van der Waals surface area contributed by atoms with Crippen LogP contribution in [0.4, 0.5) is 0 Å². The predicted octanol–water partition coefficient (Wildman–Crippen LogP) is 4.03. The van der Waals surface area contributed by atoms with Gasteiger partial charge in [0.25, 0.3) is 5.56 Å². The zero-order valence-corrected chi connectivity index (χ0v) is 20.2. The van der Waals surface area contributed by atoms with Crippen molar-refractivity contribution in [3.05, 3.63) is 74.8 Å². The number of nitrogens with zero attached hydrogens (tertiary/aromatic N) is 3. The molecular formula is C24H24BrN3O5. The normalized spacial score (nSPS) is 11.0. The number of methoxy groups -OCH3 is 1. The monoisotopic (exact) mass is 513 g/mol. The molecule has 1 aromatic heterocycles. The van der Waals surface area contributed by atoms with E-state index in [4.69, 9.17) is 9.47 Å². The van der Waals surface area contributed by atoms with Gasteiger partial charge in [0.2, 0.25) is 0 Å². The SMILES string of the molecule is C=CCc1cc(C=Nn2c(C)nc3ccc(Br)cc3c2=O)cc(OCC)c1OCC(=O)OC. The van der Waals surface area contributed by atoms with Crippen LogP contribution >= 0.6 is 15.9 Å². The Morgan fingerprint density at radius 3 is 2.76 bits per heavy atom. The molecule has 0 bridgehead atoms. The van der Waals surface area contributed by atoms with Gasteiger partial charge in [0, 0.05) is 10.0 Å². The zero-order valence-electron chi connectivity index (χ0n) is 18.6. The van der Waals surface area contributed by atoms with Gasteiger partial charge in [0.05, 0.1) is 30.8 Å². The maximum Gasteiger partial charge on any atom is 0.343 e. The van der Waals surface area contributed by atoms with Gasteiger partial charge in [-0.2, -0.15) is 9.78 Å². The topological polar surface area (TPSA) is 92.0 Å². The van der Waals surface area contributed by atoms with Gasteiger partial charge in [0.1, 0.15) is 5.82 Å². The van der Waals surface area contributed by atoms with Gasteiger partial charge in [-0.15, -0.1) is 6.58 Å². The second kappa shape index (κ2) is 10.9. The van der Waals surface area contributed by atoms with Crippen LogP contribution in [0, 0.1) is 6.92 Å². The molecule has 0 amide bonds. The highest BCUT2D eigenvalue weighted by Crippen LogP contribution is 2.33. The first-order chi connectivity index (χ1) is 15.9. The van der Waals surface area contributed by atoms with Gasteiger partial charge in [-0.1, -0.05) is 22.0 Å². The summed E-state index contributed by atoms with van der Waals surface area (Å²) in [4.78, 5) is 29.0. The molecule has 0 aliphatic heterocycles. The number of hydrogen-bond donors (Lipinski definition) is 0. The highest BCUT2D eigenvalue weighted by atomic mass is 79.9. The summed E-state index contributed by atoms with van der Waals surface area (Å²) in [7, 11) is 1.30. The maximum absolute atomic E-state index is 13.0. The van der Waals surface area contributed by atoms with E-state index in [2.05, 4.69) is 37.3 Å². The van der Waals surface area contributed by atoms with E-state index >= 15 is 0 Å². The van der Waals surface area contributed by atoms with Crippen LogP contribution in [0.2, 0.25) is 0 Å². The van der Waals surface area contributed by atoms with E-state index in [1.807, 2.05) is 19.1 Å². The minimum atomic E-state index is -0.502. The van der Waals surface area contributed by atoms with Crippen LogP contribution in [0.3, 0.4) is 0 Å². The molecule has 3 aromatic rings. The van der Waals surface area contributed by atoms with Crippen LogP contribution in [-0.2, 0) is 16.0 Å². The third kappa shape index (κ3) is 5.67. The molecule has 172 valence electrons. The Hall–Kier alpha value is -3.46. The first kappa shape index (κ1) is 24.2. The lowest BCUT2D eigenvalue weighted by atomic mass is 10.1. The summed E-state index contributed by atoms with van der Waals surface area (Å²) in [5, 5.41) is 4.84. The van der Waals surface area contributed by atoms with Crippen LogP contribution in [0.25, 0.3) is 10.9 Å². The highest BCUT2D eigenvalue weighted by molar-refractivity contribution is 9.10. The van der Waals surface area contributed by atoms with Gasteiger partial charge < -0.3 is 14.2 Å². The quantitative estimate of drug-likeness (QED) is 0.243. The fourth-order valence-corrected chi connectivity index (χ4v) is 3.56. The Morgan fingerprint density at radius 2 is 2.06 bits per heavy atom. The molecule has 0 fully saturated rings. The number of aromatic nitrogens is 2. The number of hydrogen-bond acceptors (Lipinski definition) is 7. The van der Waals surface area contributed by atoms with Crippen molar-refractivity contribution in [2.45, 2.75) is 20.3 Å². The number of aryl methyl sites for hydroxylation is 1. The molecule has 3 rings (SSSR count). The van der Waals surface area contributed by atoms with Gasteiger partial charge in [-0.25, -0.2) is 9.78 Å². The minimum absolute atomic E-state index is 0.249. The Balaban J connectivity index is 2.05. The summed E-state index contributed by atoms with van der Waals surface area (Å²) in [6.07, 6.45) is 3.75. The highest BCUT2D eigenvalue weighted by Gasteiger charge is 2.15. The zero-order chi connectivity index (χ0) is 24.0. The number of halogens is 1. The summed E-state index contributed by atoms with van der Waals surface area (Å²) < 4.78 is 18.1. The number of carbonyl (C=O) groups excluding carboxylic acids is 1. The van der Waals surface area contributed by atoms with Crippen LogP contribution in [0.5, 0.6) is 11.5 Å². The average molecular weight is 514 g/mol. The summed E-state index contributed by atoms with van der Waals surface area (Å²) in [5.41, 5.74) is 1.77. The molecule has 0 saturated heterocycles. The van der Waals surface area contributed by atoms with Crippen molar-refractivity contribution < 1.29 is 19.0 Å². The first-order valence-corrected chi connectivity index (χ1v) is 11.0. The largest absolute Gasteiger partial charge is 0.490 e. The van der Waals surface area contributed by atoms with Gasteiger partial charge in [-0.05, 0) is 56.2 Å². The summed E-state index contributed by atoms with van der Waals surface area (Å²) in [5.74, 6) is 0.843. The molecule has 0 unspecified atom stereocenters. The van der Waals surface area contributed by atoms with Crippen LogP contribution in [-0.4, -0.2) is 42.2 Å². The van der Waals surface area contributed by atoms with Crippen LogP contribution in [0.15, 0.2) is 57.4 Å². The fourth-order valence-electron chi connectivity index (χ4n) is 3.20. The number of benzene rings is 2. The minimum Gasteiger partial charge on any atom is -0.490 e.